The first-order chi connectivity index (χ1) is 11.3. The van der Waals surface area contributed by atoms with Gasteiger partial charge in [-0.1, -0.05) is 18.2 Å². The number of benzene rings is 1. The molecule has 3 atom stereocenters. The van der Waals surface area contributed by atoms with Crippen molar-refractivity contribution in [2.45, 2.75) is 44.3 Å². The molecule has 0 spiro atoms. The molecule has 0 bridgehead atoms. The molecule has 1 aromatic rings. The monoisotopic (exact) mass is 340 g/mol. The number of amides is 1. The predicted molar refractivity (Wildman–Crippen MR) is 85.2 cm³/mol. The molecular formula is C18H23F3N2O. The van der Waals surface area contributed by atoms with Gasteiger partial charge in [-0.3, -0.25) is 4.79 Å². The molecular weight excluding hydrogens is 317 g/mol. The first-order valence-electron chi connectivity index (χ1n) is 8.49. The van der Waals surface area contributed by atoms with Crippen molar-refractivity contribution >= 4 is 5.91 Å². The van der Waals surface area contributed by atoms with Crippen molar-refractivity contribution in [3.05, 3.63) is 35.4 Å². The SMILES string of the molecule is CC(N)C1CCN(C(=O)C2CC2c2cccc(C(F)(F)F)c2)CC1. The van der Waals surface area contributed by atoms with Crippen molar-refractivity contribution in [2.24, 2.45) is 17.6 Å². The summed E-state index contributed by atoms with van der Waals surface area (Å²) >= 11 is 0. The van der Waals surface area contributed by atoms with Crippen LogP contribution in [0.3, 0.4) is 0 Å². The second kappa shape index (κ2) is 6.39. The Morgan fingerprint density at radius 1 is 1.29 bits per heavy atom. The molecule has 132 valence electrons. The normalized spacial score (nSPS) is 26.3. The fourth-order valence-electron chi connectivity index (χ4n) is 3.66. The maximum absolute atomic E-state index is 12.8. The number of nitrogens with two attached hydrogens (primary N) is 1. The van der Waals surface area contributed by atoms with Gasteiger partial charge in [0, 0.05) is 25.0 Å². The van der Waals surface area contributed by atoms with Crippen LogP contribution in [0, 0.1) is 11.8 Å². The minimum absolute atomic E-state index is 0.0778. The topological polar surface area (TPSA) is 46.3 Å². The lowest BCUT2D eigenvalue weighted by Crippen LogP contribution is -2.43. The highest BCUT2D eigenvalue weighted by Crippen LogP contribution is 2.49. The third-order valence-corrected chi connectivity index (χ3v) is 5.34. The summed E-state index contributed by atoms with van der Waals surface area (Å²) in [5.74, 6) is 0.291. The molecule has 1 aromatic carbocycles. The van der Waals surface area contributed by atoms with E-state index in [-0.39, 0.29) is 23.8 Å². The van der Waals surface area contributed by atoms with Gasteiger partial charge in [-0.25, -0.2) is 0 Å². The Bertz CT molecular complexity index is 607. The standard InChI is InChI=1S/C18H23F3N2O/c1-11(22)12-5-7-23(8-6-12)17(24)16-10-15(16)13-3-2-4-14(9-13)18(19,20)21/h2-4,9,11-12,15-16H,5-8,10,22H2,1H3. The average molecular weight is 340 g/mol. The van der Waals surface area contributed by atoms with E-state index in [1.807, 2.05) is 11.8 Å². The average Bonchev–Trinajstić information content (AvgIpc) is 3.34. The smallest absolute Gasteiger partial charge is 0.342 e. The van der Waals surface area contributed by atoms with Gasteiger partial charge in [-0.05, 0) is 49.7 Å². The number of carbonyl (C=O) groups excluding carboxylic acids is 1. The van der Waals surface area contributed by atoms with Crippen LogP contribution < -0.4 is 5.73 Å². The summed E-state index contributed by atoms with van der Waals surface area (Å²) < 4.78 is 38.4. The van der Waals surface area contributed by atoms with Crippen LogP contribution in [0.5, 0.6) is 0 Å². The third kappa shape index (κ3) is 3.58. The van der Waals surface area contributed by atoms with E-state index in [2.05, 4.69) is 0 Å². The second-order valence-electron chi connectivity index (χ2n) is 7.09. The Morgan fingerprint density at radius 2 is 1.96 bits per heavy atom. The van der Waals surface area contributed by atoms with Gasteiger partial charge in [0.25, 0.3) is 0 Å². The summed E-state index contributed by atoms with van der Waals surface area (Å²) in [6.07, 6.45) is -1.88. The number of piperidine rings is 1. The van der Waals surface area contributed by atoms with Crippen molar-refractivity contribution in [1.82, 2.24) is 4.90 Å². The summed E-state index contributed by atoms with van der Waals surface area (Å²) in [6.45, 7) is 3.40. The maximum Gasteiger partial charge on any atom is 0.416 e. The predicted octanol–water partition coefficient (Wildman–Crippen LogP) is 3.39. The zero-order chi connectivity index (χ0) is 17.5. The fraction of sp³-hybridized carbons (Fsp3) is 0.611. The van der Waals surface area contributed by atoms with Crippen LogP contribution in [0.25, 0.3) is 0 Å². The van der Waals surface area contributed by atoms with Gasteiger partial charge >= 0.3 is 6.18 Å². The molecule has 1 saturated carbocycles. The molecule has 1 aliphatic carbocycles. The van der Waals surface area contributed by atoms with Gasteiger partial charge in [0.05, 0.1) is 5.56 Å². The van der Waals surface area contributed by atoms with Crippen molar-refractivity contribution < 1.29 is 18.0 Å². The van der Waals surface area contributed by atoms with E-state index in [0.717, 1.165) is 18.9 Å². The molecule has 3 rings (SSSR count). The molecule has 2 fully saturated rings. The van der Waals surface area contributed by atoms with Gasteiger partial charge in [0.1, 0.15) is 0 Å². The first-order valence-corrected chi connectivity index (χ1v) is 8.49. The molecule has 2 N–H and O–H groups in total. The molecule has 6 heteroatoms. The highest BCUT2D eigenvalue weighted by Gasteiger charge is 2.46. The van der Waals surface area contributed by atoms with Crippen LogP contribution in [-0.2, 0) is 11.0 Å². The molecule has 3 nitrogen and oxygen atoms in total. The van der Waals surface area contributed by atoms with Crippen molar-refractivity contribution in [1.29, 1.82) is 0 Å². The lowest BCUT2D eigenvalue weighted by molar-refractivity contribution is -0.137. The minimum Gasteiger partial charge on any atom is -0.342 e. The van der Waals surface area contributed by atoms with E-state index in [1.165, 1.54) is 12.1 Å². The van der Waals surface area contributed by atoms with E-state index in [0.29, 0.717) is 31.0 Å². The number of hydrogen-bond acceptors (Lipinski definition) is 2. The number of nitrogens with zero attached hydrogens (tertiary/aromatic N) is 1. The summed E-state index contributed by atoms with van der Waals surface area (Å²) in [6, 6.07) is 5.50. The van der Waals surface area contributed by atoms with E-state index < -0.39 is 11.7 Å². The van der Waals surface area contributed by atoms with Crippen molar-refractivity contribution in [2.75, 3.05) is 13.1 Å². The maximum atomic E-state index is 12.8. The molecule has 1 saturated heterocycles. The molecule has 1 amide bonds. The largest absolute Gasteiger partial charge is 0.416 e. The summed E-state index contributed by atoms with van der Waals surface area (Å²) in [4.78, 5) is 14.4. The highest BCUT2D eigenvalue weighted by atomic mass is 19.4. The Labute approximate surface area is 140 Å². The molecule has 0 radical (unpaired) electrons. The number of hydrogen-bond donors (Lipinski definition) is 1. The van der Waals surface area contributed by atoms with E-state index in [1.54, 1.807) is 6.07 Å². The van der Waals surface area contributed by atoms with E-state index in [9.17, 15) is 18.0 Å². The number of rotatable bonds is 3. The zero-order valence-corrected chi connectivity index (χ0v) is 13.7. The van der Waals surface area contributed by atoms with Crippen molar-refractivity contribution in [3.63, 3.8) is 0 Å². The quantitative estimate of drug-likeness (QED) is 0.917. The second-order valence-corrected chi connectivity index (χ2v) is 7.09. The summed E-state index contributed by atoms with van der Waals surface area (Å²) in [5.41, 5.74) is 5.89. The highest BCUT2D eigenvalue weighted by molar-refractivity contribution is 5.83. The van der Waals surface area contributed by atoms with Gasteiger partial charge in [0.15, 0.2) is 0 Å². The zero-order valence-electron chi connectivity index (χ0n) is 13.7. The van der Waals surface area contributed by atoms with Crippen LogP contribution in [0.2, 0.25) is 0 Å². The first kappa shape index (κ1) is 17.3. The molecule has 0 aromatic heterocycles. The third-order valence-electron chi connectivity index (χ3n) is 5.34. The lowest BCUT2D eigenvalue weighted by atomic mass is 9.90. The van der Waals surface area contributed by atoms with Crippen LogP contribution in [0.1, 0.15) is 43.2 Å². The molecule has 3 unspecified atom stereocenters. The van der Waals surface area contributed by atoms with E-state index in [4.69, 9.17) is 5.73 Å². The fourth-order valence-corrected chi connectivity index (χ4v) is 3.66. The van der Waals surface area contributed by atoms with Gasteiger partial charge < -0.3 is 10.6 Å². The summed E-state index contributed by atoms with van der Waals surface area (Å²) in [7, 11) is 0. The molecule has 1 heterocycles. The van der Waals surface area contributed by atoms with Gasteiger partial charge in [0.2, 0.25) is 5.91 Å². The number of likely N-dealkylation sites (tertiary alicyclic amines) is 1. The van der Waals surface area contributed by atoms with Gasteiger partial charge in [-0.15, -0.1) is 0 Å². The molecule has 24 heavy (non-hydrogen) atoms. The number of halogens is 3. The number of carbonyl (C=O) groups is 1. The van der Waals surface area contributed by atoms with Crippen LogP contribution in [0.4, 0.5) is 13.2 Å². The number of alkyl halides is 3. The molecule has 1 aliphatic heterocycles. The van der Waals surface area contributed by atoms with Crippen LogP contribution in [0.15, 0.2) is 24.3 Å². The van der Waals surface area contributed by atoms with Crippen molar-refractivity contribution in [3.8, 4) is 0 Å². The van der Waals surface area contributed by atoms with E-state index >= 15 is 0 Å². The molecule has 2 aliphatic rings. The Hall–Kier alpha value is -1.56. The Morgan fingerprint density at radius 3 is 2.54 bits per heavy atom. The van der Waals surface area contributed by atoms with Crippen LogP contribution in [-0.4, -0.2) is 29.9 Å². The lowest BCUT2D eigenvalue weighted by Gasteiger charge is -2.34. The van der Waals surface area contributed by atoms with Gasteiger partial charge in [-0.2, -0.15) is 13.2 Å². The summed E-state index contributed by atoms with van der Waals surface area (Å²) in [5, 5.41) is 0. The van der Waals surface area contributed by atoms with Crippen LogP contribution >= 0.6 is 0 Å². The Balaban J connectivity index is 1.60. The Kier molecular flexibility index (Phi) is 4.60. The minimum atomic E-state index is -4.34.